The minimum Gasteiger partial charge on any atom is -0.491 e. The van der Waals surface area contributed by atoms with E-state index in [1.165, 1.54) is 7.11 Å². The lowest BCUT2D eigenvalue weighted by atomic mass is 10.2. The van der Waals surface area contributed by atoms with Gasteiger partial charge in [0.1, 0.15) is 6.04 Å². The van der Waals surface area contributed by atoms with E-state index in [0.29, 0.717) is 0 Å². The molecule has 1 unspecified atom stereocenters. The van der Waals surface area contributed by atoms with Crippen LogP contribution in [-0.4, -0.2) is 32.8 Å². The maximum absolute atomic E-state index is 13.3. The SMILES string of the molecule is COCC(N)C(=O)Nc1cc(F)c(OC)c(F)c1.Cl. The maximum Gasteiger partial charge on any atom is 0.243 e. The van der Waals surface area contributed by atoms with Crippen LogP contribution in [0.3, 0.4) is 0 Å². The van der Waals surface area contributed by atoms with Crippen molar-refractivity contribution in [2.45, 2.75) is 6.04 Å². The molecule has 3 N–H and O–H groups in total. The predicted molar refractivity (Wildman–Crippen MR) is 68.6 cm³/mol. The van der Waals surface area contributed by atoms with Crippen molar-refractivity contribution >= 4 is 24.0 Å². The number of methoxy groups -OCH3 is 2. The number of halogens is 3. The zero-order valence-corrected chi connectivity index (χ0v) is 11.2. The minimum atomic E-state index is -0.914. The first-order valence-corrected chi connectivity index (χ1v) is 5.08. The van der Waals surface area contributed by atoms with Crippen LogP contribution in [0.1, 0.15) is 0 Å². The van der Waals surface area contributed by atoms with Crippen molar-refractivity contribution in [2.24, 2.45) is 5.73 Å². The number of anilines is 1. The van der Waals surface area contributed by atoms with E-state index < -0.39 is 29.3 Å². The van der Waals surface area contributed by atoms with Crippen LogP contribution in [0.4, 0.5) is 14.5 Å². The fourth-order valence-corrected chi connectivity index (χ4v) is 1.32. The third-order valence-electron chi connectivity index (χ3n) is 2.15. The number of amides is 1. The smallest absolute Gasteiger partial charge is 0.243 e. The molecule has 108 valence electrons. The van der Waals surface area contributed by atoms with Crippen molar-refractivity contribution in [1.82, 2.24) is 0 Å². The molecule has 0 saturated carbocycles. The van der Waals surface area contributed by atoms with Gasteiger partial charge in [0.15, 0.2) is 17.4 Å². The van der Waals surface area contributed by atoms with Crippen molar-refractivity contribution < 1.29 is 23.0 Å². The van der Waals surface area contributed by atoms with E-state index >= 15 is 0 Å². The molecule has 0 fully saturated rings. The van der Waals surface area contributed by atoms with Gasteiger partial charge >= 0.3 is 0 Å². The Labute approximate surface area is 115 Å². The summed E-state index contributed by atoms with van der Waals surface area (Å²) < 4.78 is 35.9. The first-order chi connectivity index (χ1) is 8.49. The van der Waals surface area contributed by atoms with Crippen LogP contribution in [0.15, 0.2) is 12.1 Å². The zero-order valence-electron chi connectivity index (χ0n) is 10.4. The molecule has 0 spiro atoms. The minimum absolute atomic E-state index is 0. The first-order valence-electron chi connectivity index (χ1n) is 5.08. The van der Waals surface area contributed by atoms with Crippen LogP contribution in [-0.2, 0) is 9.53 Å². The second-order valence-electron chi connectivity index (χ2n) is 3.52. The van der Waals surface area contributed by atoms with Gasteiger partial charge in [0.25, 0.3) is 0 Å². The van der Waals surface area contributed by atoms with Crippen LogP contribution in [0, 0.1) is 11.6 Å². The molecule has 1 rings (SSSR count). The van der Waals surface area contributed by atoms with E-state index in [4.69, 9.17) is 10.5 Å². The van der Waals surface area contributed by atoms with Crippen molar-refractivity contribution in [2.75, 3.05) is 26.1 Å². The topological polar surface area (TPSA) is 73.6 Å². The zero-order chi connectivity index (χ0) is 13.7. The van der Waals surface area contributed by atoms with Crippen LogP contribution in [0.25, 0.3) is 0 Å². The number of ether oxygens (including phenoxy) is 2. The summed E-state index contributed by atoms with van der Waals surface area (Å²) in [5, 5.41) is 2.28. The molecule has 5 nitrogen and oxygen atoms in total. The fraction of sp³-hybridized carbons (Fsp3) is 0.364. The normalized spacial score (nSPS) is 11.4. The molecule has 0 aliphatic rings. The molecule has 8 heteroatoms. The highest BCUT2D eigenvalue weighted by Gasteiger charge is 2.16. The summed E-state index contributed by atoms with van der Waals surface area (Å²) in [5.74, 6) is -2.92. The summed E-state index contributed by atoms with van der Waals surface area (Å²) >= 11 is 0. The second-order valence-corrected chi connectivity index (χ2v) is 3.52. The van der Waals surface area contributed by atoms with Gasteiger partial charge in [-0.3, -0.25) is 4.79 Å². The molecule has 0 aliphatic carbocycles. The van der Waals surface area contributed by atoms with Gasteiger partial charge in [-0.15, -0.1) is 12.4 Å². The number of benzene rings is 1. The van der Waals surface area contributed by atoms with E-state index in [-0.39, 0.29) is 24.7 Å². The average Bonchev–Trinajstić information content (AvgIpc) is 2.28. The Balaban J connectivity index is 0.00000324. The average molecular weight is 297 g/mol. The summed E-state index contributed by atoms with van der Waals surface area (Å²) in [5.41, 5.74) is 5.42. The van der Waals surface area contributed by atoms with Gasteiger partial charge in [-0.1, -0.05) is 0 Å². The van der Waals surface area contributed by atoms with Gasteiger partial charge < -0.3 is 20.5 Å². The highest BCUT2D eigenvalue weighted by atomic mass is 35.5. The maximum atomic E-state index is 13.3. The Morgan fingerprint density at radius 2 is 1.89 bits per heavy atom. The number of carbonyl (C=O) groups excluding carboxylic acids is 1. The molecule has 0 aromatic heterocycles. The fourth-order valence-electron chi connectivity index (χ4n) is 1.32. The molecule has 0 bridgehead atoms. The van der Waals surface area contributed by atoms with Crippen LogP contribution in [0.2, 0.25) is 0 Å². The molecular formula is C11H15ClF2N2O3. The first kappa shape index (κ1) is 17.6. The van der Waals surface area contributed by atoms with E-state index in [1.807, 2.05) is 0 Å². The summed E-state index contributed by atoms with van der Waals surface area (Å²) in [7, 11) is 2.54. The Bertz CT molecular complexity index is 423. The standard InChI is InChI=1S/C11H14F2N2O3.ClH/c1-17-5-9(14)11(16)15-6-3-7(12)10(18-2)8(13)4-6;/h3-4,9H,5,14H2,1-2H3,(H,15,16);1H. The van der Waals surface area contributed by atoms with Gasteiger partial charge in [-0.25, -0.2) is 8.78 Å². The number of hydrogen-bond acceptors (Lipinski definition) is 4. The molecule has 1 aromatic carbocycles. The van der Waals surface area contributed by atoms with Gasteiger partial charge in [0, 0.05) is 24.9 Å². The largest absolute Gasteiger partial charge is 0.491 e. The van der Waals surface area contributed by atoms with Crippen molar-refractivity contribution in [3.63, 3.8) is 0 Å². The van der Waals surface area contributed by atoms with Gasteiger partial charge in [0.2, 0.25) is 5.91 Å². The molecule has 19 heavy (non-hydrogen) atoms. The van der Waals surface area contributed by atoms with Gasteiger partial charge in [0.05, 0.1) is 13.7 Å². The molecule has 0 aliphatic heterocycles. The number of rotatable bonds is 5. The van der Waals surface area contributed by atoms with Crippen molar-refractivity contribution in [3.05, 3.63) is 23.8 Å². The summed E-state index contributed by atoms with van der Waals surface area (Å²) in [6.45, 7) is 0.00690. The molecule has 0 saturated heterocycles. The highest BCUT2D eigenvalue weighted by Crippen LogP contribution is 2.25. The number of carbonyl (C=O) groups is 1. The number of hydrogen-bond donors (Lipinski definition) is 2. The Kier molecular flexibility index (Phi) is 7.28. The Hall–Kier alpha value is -1.44. The molecule has 1 aromatic rings. The summed E-state index contributed by atoms with van der Waals surface area (Å²) in [4.78, 5) is 11.5. The summed E-state index contributed by atoms with van der Waals surface area (Å²) in [6, 6.07) is 0.974. The van der Waals surface area contributed by atoms with E-state index in [2.05, 4.69) is 10.1 Å². The monoisotopic (exact) mass is 296 g/mol. The number of nitrogens with two attached hydrogens (primary N) is 1. The number of nitrogens with one attached hydrogen (secondary N) is 1. The van der Waals surface area contributed by atoms with Crippen molar-refractivity contribution in [1.29, 1.82) is 0 Å². The van der Waals surface area contributed by atoms with E-state index in [9.17, 15) is 13.6 Å². The van der Waals surface area contributed by atoms with Crippen molar-refractivity contribution in [3.8, 4) is 5.75 Å². The van der Waals surface area contributed by atoms with Gasteiger partial charge in [-0.2, -0.15) is 0 Å². The van der Waals surface area contributed by atoms with Crippen LogP contribution < -0.4 is 15.8 Å². The lowest BCUT2D eigenvalue weighted by molar-refractivity contribution is -0.118. The second kappa shape index (κ2) is 7.88. The van der Waals surface area contributed by atoms with E-state index in [1.54, 1.807) is 0 Å². The van der Waals surface area contributed by atoms with E-state index in [0.717, 1.165) is 19.2 Å². The van der Waals surface area contributed by atoms with Gasteiger partial charge in [-0.05, 0) is 0 Å². The quantitative estimate of drug-likeness (QED) is 0.859. The third kappa shape index (κ3) is 4.62. The Morgan fingerprint density at radius 3 is 2.32 bits per heavy atom. The van der Waals surface area contributed by atoms with Crippen LogP contribution >= 0.6 is 12.4 Å². The predicted octanol–water partition coefficient (Wildman–Crippen LogP) is 1.31. The molecule has 1 amide bonds. The third-order valence-corrected chi connectivity index (χ3v) is 2.15. The van der Waals surface area contributed by atoms with Crippen LogP contribution in [0.5, 0.6) is 5.75 Å². The molecule has 0 radical (unpaired) electrons. The lowest BCUT2D eigenvalue weighted by Crippen LogP contribution is -2.39. The Morgan fingerprint density at radius 1 is 1.37 bits per heavy atom. The summed E-state index contributed by atoms with van der Waals surface area (Å²) in [6.07, 6.45) is 0. The molecular weight excluding hydrogens is 282 g/mol. The molecule has 0 heterocycles. The molecule has 1 atom stereocenters. The lowest BCUT2D eigenvalue weighted by Gasteiger charge is -2.12. The highest BCUT2D eigenvalue weighted by molar-refractivity contribution is 5.94.